The summed E-state index contributed by atoms with van der Waals surface area (Å²) in [6.07, 6.45) is 0.866. The fraction of sp³-hybridized carbons (Fsp3) is 0.385. The fourth-order valence-corrected chi connectivity index (χ4v) is 1.53. The lowest BCUT2D eigenvalue weighted by Gasteiger charge is -2.10. The van der Waals surface area contributed by atoms with Gasteiger partial charge in [0.15, 0.2) is 12.4 Å². The summed E-state index contributed by atoms with van der Waals surface area (Å²) >= 11 is 5.81. The monoisotopic (exact) mass is 269 g/mol. The molecule has 1 N–H and O–H groups in total. The highest BCUT2D eigenvalue weighted by Crippen LogP contribution is 2.23. The van der Waals surface area contributed by atoms with Gasteiger partial charge in [0.25, 0.3) is 5.91 Å². The van der Waals surface area contributed by atoms with Gasteiger partial charge < -0.3 is 10.1 Å². The molecule has 1 aromatic rings. The molecule has 0 unspecified atom stereocenters. The van der Waals surface area contributed by atoms with Gasteiger partial charge in [0, 0.05) is 11.6 Å². The van der Waals surface area contributed by atoms with E-state index in [0.29, 0.717) is 22.9 Å². The van der Waals surface area contributed by atoms with Crippen molar-refractivity contribution in [3.05, 3.63) is 28.8 Å². The molecule has 5 heteroatoms. The SMILES string of the molecule is CCCNC(=O)COc1ccc(Cl)cc1C(C)=O. The number of hydrogen-bond acceptors (Lipinski definition) is 3. The van der Waals surface area contributed by atoms with Crippen LogP contribution in [0.25, 0.3) is 0 Å². The third kappa shape index (κ3) is 4.37. The molecule has 0 fully saturated rings. The number of carbonyl (C=O) groups excluding carboxylic acids is 2. The van der Waals surface area contributed by atoms with Crippen molar-refractivity contribution in [3.8, 4) is 5.75 Å². The lowest BCUT2D eigenvalue weighted by molar-refractivity contribution is -0.123. The van der Waals surface area contributed by atoms with Crippen molar-refractivity contribution in [1.29, 1.82) is 0 Å². The molecule has 0 spiro atoms. The van der Waals surface area contributed by atoms with E-state index in [1.54, 1.807) is 12.1 Å². The number of carbonyl (C=O) groups is 2. The second-order valence-corrected chi connectivity index (χ2v) is 4.27. The molecule has 0 aliphatic heterocycles. The fourth-order valence-electron chi connectivity index (χ4n) is 1.36. The van der Waals surface area contributed by atoms with Crippen LogP contribution >= 0.6 is 11.6 Å². The van der Waals surface area contributed by atoms with E-state index in [-0.39, 0.29) is 18.3 Å². The number of ether oxygens (including phenoxy) is 1. The molecule has 0 heterocycles. The highest BCUT2D eigenvalue weighted by molar-refractivity contribution is 6.31. The highest BCUT2D eigenvalue weighted by atomic mass is 35.5. The second kappa shape index (κ2) is 7.01. The van der Waals surface area contributed by atoms with Crippen molar-refractivity contribution in [1.82, 2.24) is 5.32 Å². The van der Waals surface area contributed by atoms with Gasteiger partial charge in [-0.15, -0.1) is 0 Å². The van der Waals surface area contributed by atoms with Crippen LogP contribution in [-0.2, 0) is 4.79 Å². The Morgan fingerprint density at radius 1 is 1.39 bits per heavy atom. The summed E-state index contributed by atoms with van der Waals surface area (Å²) < 4.78 is 5.32. The van der Waals surface area contributed by atoms with Crippen LogP contribution < -0.4 is 10.1 Å². The van der Waals surface area contributed by atoms with E-state index < -0.39 is 0 Å². The van der Waals surface area contributed by atoms with Gasteiger partial charge in [0.2, 0.25) is 0 Å². The van der Waals surface area contributed by atoms with E-state index in [0.717, 1.165) is 6.42 Å². The second-order valence-electron chi connectivity index (χ2n) is 3.84. The van der Waals surface area contributed by atoms with Crippen LogP contribution in [0.15, 0.2) is 18.2 Å². The number of rotatable bonds is 6. The molecule has 0 bridgehead atoms. The van der Waals surface area contributed by atoms with Crippen molar-refractivity contribution >= 4 is 23.3 Å². The van der Waals surface area contributed by atoms with Crippen LogP contribution in [0.4, 0.5) is 0 Å². The van der Waals surface area contributed by atoms with Gasteiger partial charge in [0.05, 0.1) is 5.56 Å². The first-order chi connectivity index (χ1) is 8.54. The largest absolute Gasteiger partial charge is 0.483 e. The number of nitrogens with one attached hydrogen (secondary N) is 1. The lowest BCUT2D eigenvalue weighted by Crippen LogP contribution is -2.29. The van der Waals surface area contributed by atoms with Crippen LogP contribution in [0.3, 0.4) is 0 Å². The molecule has 4 nitrogen and oxygen atoms in total. The van der Waals surface area contributed by atoms with Crippen molar-refractivity contribution in [2.45, 2.75) is 20.3 Å². The van der Waals surface area contributed by atoms with Gasteiger partial charge in [-0.05, 0) is 31.5 Å². The van der Waals surface area contributed by atoms with Crippen molar-refractivity contribution in [2.75, 3.05) is 13.2 Å². The standard InChI is InChI=1S/C13H16ClNO3/c1-3-6-15-13(17)8-18-12-5-4-10(14)7-11(12)9(2)16/h4-5,7H,3,6,8H2,1-2H3,(H,15,17). The Morgan fingerprint density at radius 3 is 2.72 bits per heavy atom. The van der Waals surface area contributed by atoms with Crippen LogP contribution in [-0.4, -0.2) is 24.8 Å². The van der Waals surface area contributed by atoms with Crippen molar-refractivity contribution in [2.24, 2.45) is 0 Å². The molecule has 18 heavy (non-hydrogen) atoms. The highest BCUT2D eigenvalue weighted by Gasteiger charge is 2.10. The molecular weight excluding hydrogens is 254 g/mol. The minimum absolute atomic E-state index is 0.109. The molecule has 0 aliphatic carbocycles. The molecule has 0 aromatic heterocycles. The lowest BCUT2D eigenvalue weighted by atomic mass is 10.1. The van der Waals surface area contributed by atoms with E-state index in [1.807, 2.05) is 6.92 Å². The summed E-state index contributed by atoms with van der Waals surface area (Å²) in [7, 11) is 0. The third-order valence-corrected chi connectivity index (χ3v) is 2.49. The molecule has 98 valence electrons. The number of ketones is 1. The Morgan fingerprint density at radius 2 is 2.11 bits per heavy atom. The quantitative estimate of drug-likeness (QED) is 0.807. The van der Waals surface area contributed by atoms with Crippen molar-refractivity contribution < 1.29 is 14.3 Å². The molecule has 0 saturated heterocycles. The predicted octanol–water partition coefficient (Wildman–Crippen LogP) is 2.45. The third-order valence-electron chi connectivity index (χ3n) is 2.25. The smallest absolute Gasteiger partial charge is 0.257 e. The summed E-state index contributed by atoms with van der Waals surface area (Å²) in [5.41, 5.74) is 0.380. The first-order valence-electron chi connectivity index (χ1n) is 5.74. The molecule has 0 atom stereocenters. The number of benzene rings is 1. The number of amides is 1. The summed E-state index contributed by atoms with van der Waals surface area (Å²) in [5.74, 6) is 0.0151. The maximum absolute atomic E-state index is 11.4. The molecule has 1 rings (SSSR count). The van der Waals surface area contributed by atoms with E-state index in [4.69, 9.17) is 16.3 Å². The molecule has 1 amide bonds. The van der Waals surface area contributed by atoms with Crippen molar-refractivity contribution in [3.63, 3.8) is 0 Å². The average Bonchev–Trinajstić information content (AvgIpc) is 2.34. The Balaban J connectivity index is 2.67. The van der Waals surface area contributed by atoms with Crippen LogP contribution in [0, 0.1) is 0 Å². The summed E-state index contributed by atoms with van der Waals surface area (Å²) in [5, 5.41) is 3.15. The first kappa shape index (κ1) is 14.5. The van der Waals surface area contributed by atoms with E-state index in [1.165, 1.54) is 13.0 Å². The van der Waals surface area contributed by atoms with Crippen LogP contribution in [0.1, 0.15) is 30.6 Å². The maximum Gasteiger partial charge on any atom is 0.257 e. The Bertz CT molecular complexity index is 446. The van der Waals surface area contributed by atoms with E-state index in [2.05, 4.69) is 5.32 Å². The normalized spacial score (nSPS) is 9.94. The van der Waals surface area contributed by atoms with E-state index in [9.17, 15) is 9.59 Å². The molecule has 1 aromatic carbocycles. The molecule has 0 aliphatic rings. The zero-order chi connectivity index (χ0) is 13.5. The average molecular weight is 270 g/mol. The van der Waals surface area contributed by atoms with Gasteiger partial charge in [-0.3, -0.25) is 9.59 Å². The first-order valence-corrected chi connectivity index (χ1v) is 6.12. The summed E-state index contributed by atoms with van der Waals surface area (Å²) in [6, 6.07) is 4.74. The zero-order valence-electron chi connectivity index (χ0n) is 10.5. The summed E-state index contributed by atoms with van der Waals surface area (Å²) in [6.45, 7) is 3.90. The minimum atomic E-state index is -0.207. The van der Waals surface area contributed by atoms with Gasteiger partial charge in [-0.1, -0.05) is 18.5 Å². The summed E-state index contributed by atoms with van der Waals surface area (Å²) in [4.78, 5) is 22.8. The number of hydrogen-bond donors (Lipinski definition) is 1. The molecular formula is C13H16ClNO3. The molecule has 0 saturated carbocycles. The maximum atomic E-state index is 11.4. The number of halogens is 1. The van der Waals surface area contributed by atoms with Gasteiger partial charge >= 0.3 is 0 Å². The predicted molar refractivity (Wildman–Crippen MR) is 70.3 cm³/mol. The Hall–Kier alpha value is -1.55. The number of Topliss-reactive ketones (excluding diaryl/α,β-unsaturated/α-hetero) is 1. The van der Waals surface area contributed by atoms with Crippen LogP contribution in [0.5, 0.6) is 5.75 Å². The molecule has 0 radical (unpaired) electrons. The van der Waals surface area contributed by atoms with E-state index >= 15 is 0 Å². The Labute approximate surface area is 111 Å². The van der Waals surface area contributed by atoms with Gasteiger partial charge in [-0.2, -0.15) is 0 Å². The van der Waals surface area contributed by atoms with Gasteiger partial charge in [0.1, 0.15) is 5.75 Å². The van der Waals surface area contributed by atoms with Gasteiger partial charge in [-0.25, -0.2) is 0 Å². The van der Waals surface area contributed by atoms with Crippen LogP contribution in [0.2, 0.25) is 5.02 Å². The minimum Gasteiger partial charge on any atom is -0.483 e. The zero-order valence-corrected chi connectivity index (χ0v) is 11.2. The Kier molecular flexibility index (Phi) is 5.65. The topological polar surface area (TPSA) is 55.4 Å².